The molecule has 0 saturated carbocycles. The minimum absolute atomic E-state index is 0.171. The molecular weight excluding hydrogens is 360 g/mol. The minimum atomic E-state index is -0.255. The van der Waals surface area contributed by atoms with E-state index in [0.29, 0.717) is 15.7 Å². The first kappa shape index (κ1) is 14.0. The molecule has 23 heavy (non-hydrogen) atoms. The Kier molecular flexibility index (Phi) is 2.99. The van der Waals surface area contributed by atoms with E-state index in [-0.39, 0.29) is 11.0 Å². The summed E-state index contributed by atoms with van der Waals surface area (Å²) < 4.78 is 3.79. The van der Waals surface area contributed by atoms with Crippen molar-refractivity contribution in [2.75, 3.05) is 0 Å². The molecule has 0 aliphatic heterocycles. The first-order valence-electron chi connectivity index (χ1n) is 6.90. The van der Waals surface area contributed by atoms with Gasteiger partial charge in [0, 0.05) is 42.7 Å². The molecule has 0 aliphatic carbocycles. The standard InChI is InChI=1S/C16H11BrN4O2/c1-20-7-10-6-9(2-3-12(10)19-20)11-8-21-5-4-13(22)18-16(21)14(17)15(11)23/h2-8H,1H3,(H,18,22). The Bertz CT molecular complexity index is 1190. The molecule has 7 heteroatoms. The van der Waals surface area contributed by atoms with Crippen molar-refractivity contribution in [3.05, 3.63) is 67.9 Å². The van der Waals surface area contributed by atoms with Crippen LogP contribution < -0.4 is 11.0 Å². The fraction of sp³-hybridized carbons (Fsp3) is 0.0625. The molecule has 114 valence electrons. The molecule has 0 atom stereocenters. The highest BCUT2D eigenvalue weighted by Gasteiger charge is 2.12. The average molecular weight is 371 g/mol. The second kappa shape index (κ2) is 4.92. The molecule has 0 unspecified atom stereocenters. The molecular formula is C16H11BrN4O2. The third-order valence-corrected chi connectivity index (χ3v) is 4.47. The molecule has 0 radical (unpaired) electrons. The van der Waals surface area contributed by atoms with E-state index in [0.717, 1.165) is 16.5 Å². The van der Waals surface area contributed by atoms with E-state index in [4.69, 9.17) is 0 Å². The van der Waals surface area contributed by atoms with E-state index in [9.17, 15) is 9.59 Å². The van der Waals surface area contributed by atoms with Crippen LogP contribution in [-0.2, 0) is 7.05 Å². The molecule has 0 spiro atoms. The van der Waals surface area contributed by atoms with E-state index >= 15 is 0 Å². The summed E-state index contributed by atoms with van der Waals surface area (Å²) in [4.78, 5) is 26.7. The minimum Gasteiger partial charge on any atom is -0.308 e. The Morgan fingerprint density at radius 3 is 2.83 bits per heavy atom. The fourth-order valence-corrected chi connectivity index (χ4v) is 3.18. The van der Waals surface area contributed by atoms with Crippen LogP contribution in [0.3, 0.4) is 0 Å². The van der Waals surface area contributed by atoms with Gasteiger partial charge in [-0.3, -0.25) is 14.3 Å². The third-order valence-electron chi connectivity index (χ3n) is 3.74. The van der Waals surface area contributed by atoms with E-state index in [1.165, 1.54) is 6.07 Å². The van der Waals surface area contributed by atoms with Gasteiger partial charge in [0.25, 0.3) is 5.56 Å². The molecule has 0 aliphatic rings. The summed E-state index contributed by atoms with van der Waals surface area (Å²) in [6.07, 6.45) is 5.25. The molecule has 3 heterocycles. The lowest BCUT2D eigenvalue weighted by Gasteiger charge is -2.07. The molecule has 6 nitrogen and oxygen atoms in total. The van der Waals surface area contributed by atoms with Crippen LogP contribution in [0.1, 0.15) is 0 Å². The van der Waals surface area contributed by atoms with Gasteiger partial charge >= 0.3 is 0 Å². The lowest BCUT2D eigenvalue weighted by Crippen LogP contribution is -2.14. The lowest BCUT2D eigenvalue weighted by molar-refractivity contribution is 0.780. The van der Waals surface area contributed by atoms with Gasteiger partial charge in [-0.15, -0.1) is 0 Å². The first-order valence-corrected chi connectivity index (χ1v) is 7.70. The highest BCUT2D eigenvalue weighted by Crippen LogP contribution is 2.23. The maximum Gasteiger partial charge on any atom is 0.250 e. The summed E-state index contributed by atoms with van der Waals surface area (Å²) in [5.74, 6) is 0. The topological polar surface area (TPSA) is 72.2 Å². The second-order valence-corrected chi connectivity index (χ2v) is 6.12. The van der Waals surface area contributed by atoms with Crippen LogP contribution in [0.15, 0.2) is 56.9 Å². The van der Waals surface area contributed by atoms with Gasteiger partial charge in [-0.25, -0.2) is 0 Å². The van der Waals surface area contributed by atoms with Crippen molar-refractivity contribution in [2.24, 2.45) is 7.05 Å². The SMILES string of the molecule is Cn1cc2cc(-c3cn4ccc(=O)[nH]c4c(Br)c3=O)ccc2n1. The summed E-state index contributed by atoms with van der Waals surface area (Å²) >= 11 is 3.30. The van der Waals surface area contributed by atoms with Crippen molar-refractivity contribution in [3.63, 3.8) is 0 Å². The largest absolute Gasteiger partial charge is 0.308 e. The number of nitrogens with zero attached hydrogens (tertiary/aromatic N) is 3. The van der Waals surface area contributed by atoms with Crippen LogP contribution in [-0.4, -0.2) is 19.2 Å². The van der Waals surface area contributed by atoms with Crippen molar-refractivity contribution in [1.82, 2.24) is 19.2 Å². The second-order valence-electron chi connectivity index (χ2n) is 5.32. The van der Waals surface area contributed by atoms with Crippen LogP contribution >= 0.6 is 15.9 Å². The molecule has 4 aromatic rings. The van der Waals surface area contributed by atoms with Gasteiger partial charge in [-0.1, -0.05) is 6.07 Å². The number of pyridine rings is 1. The molecule has 3 aromatic heterocycles. The van der Waals surface area contributed by atoms with Gasteiger partial charge in [0.2, 0.25) is 5.43 Å². The summed E-state index contributed by atoms with van der Waals surface area (Å²) in [6.45, 7) is 0. The highest BCUT2D eigenvalue weighted by atomic mass is 79.9. The third kappa shape index (κ3) is 2.20. The summed E-state index contributed by atoms with van der Waals surface area (Å²) in [5.41, 5.74) is 2.24. The molecule has 1 aromatic carbocycles. The Morgan fingerprint density at radius 1 is 1.17 bits per heavy atom. The number of nitrogens with one attached hydrogen (secondary N) is 1. The van der Waals surface area contributed by atoms with Crippen molar-refractivity contribution >= 4 is 32.5 Å². The van der Waals surface area contributed by atoms with E-state index in [1.807, 2.05) is 31.4 Å². The van der Waals surface area contributed by atoms with Gasteiger partial charge in [0.1, 0.15) is 10.1 Å². The Hall–Kier alpha value is -2.67. The molecule has 0 fully saturated rings. The predicted octanol–water partition coefficient (Wildman–Crippen LogP) is 2.30. The smallest absolute Gasteiger partial charge is 0.250 e. The molecule has 1 N–H and O–H groups in total. The number of benzene rings is 1. The van der Waals surface area contributed by atoms with E-state index < -0.39 is 0 Å². The zero-order valence-electron chi connectivity index (χ0n) is 12.1. The highest BCUT2D eigenvalue weighted by molar-refractivity contribution is 9.10. The van der Waals surface area contributed by atoms with Crippen LogP contribution in [0.2, 0.25) is 0 Å². The van der Waals surface area contributed by atoms with Crippen molar-refractivity contribution in [3.8, 4) is 11.1 Å². The Labute approximate surface area is 138 Å². The number of aryl methyl sites for hydroxylation is 1. The van der Waals surface area contributed by atoms with Crippen molar-refractivity contribution in [2.45, 2.75) is 0 Å². The normalized spacial score (nSPS) is 11.4. The number of fused-ring (bicyclic) bond motifs is 2. The van der Waals surface area contributed by atoms with Gasteiger partial charge in [-0.05, 0) is 33.6 Å². The van der Waals surface area contributed by atoms with Crippen LogP contribution in [0.25, 0.3) is 27.7 Å². The number of hydrogen-bond acceptors (Lipinski definition) is 3. The maximum absolute atomic E-state index is 12.6. The fourth-order valence-electron chi connectivity index (χ4n) is 2.67. The van der Waals surface area contributed by atoms with Gasteiger partial charge in [-0.2, -0.15) is 5.10 Å². The van der Waals surface area contributed by atoms with Crippen molar-refractivity contribution in [1.29, 1.82) is 0 Å². The number of aromatic nitrogens is 4. The monoisotopic (exact) mass is 370 g/mol. The van der Waals surface area contributed by atoms with Crippen LogP contribution in [0, 0.1) is 0 Å². The van der Waals surface area contributed by atoms with Crippen molar-refractivity contribution < 1.29 is 0 Å². The average Bonchev–Trinajstić information content (AvgIpc) is 2.90. The zero-order chi connectivity index (χ0) is 16.1. The molecule has 0 saturated heterocycles. The molecule has 0 amide bonds. The van der Waals surface area contributed by atoms with Gasteiger partial charge < -0.3 is 9.38 Å². The summed E-state index contributed by atoms with van der Waals surface area (Å²) in [5, 5.41) is 5.30. The quantitative estimate of drug-likeness (QED) is 0.558. The summed E-state index contributed by atoms with van der Waals surface area (Å²) in [6, 6.07) is 7.11. The van der Waals surface area contributed by atoms with Crippen LogP contribution in [0.5, 0.6) is 0 Å². The van der Waals surface area contributed by atoms with E-state index in [1.54, 1.807) is 21.5 Å². The lowest BCUT2D eigenvalue weighted by atomic mass is 10.1. The number of H-pyrrole nitrogens is 1. The first-order chi connectivity index (χ1) is 11.0. The number of rotatable bonds is 1. The number of halogens is 1. The van der Waals surface area contributed by atoms with E-state index in [2.05, 4.69) is 26.0 Å². The van der Waals surface area contributed by atoms with Gasteiger partial charge in [0.05, 0.1) is 5.52 Å². The van der Waals surface area contributed by atoms with Crippen LogP contribution in [0.4, 0.5) is 0 Å². The Morgan fingerprint density at radius 2 is 2.00 bits per heavy atom. The predicted molar refractivity (Wildman–Crippen MR) is 91.7 cm³/mol. The van der Waals surface area contributed by atoms with Gasteiger partial charge in [0.15, 0.2) is 0 Å². The molecule has 4 rings (SSSR count). The zero-order valence-corrected chi connectivity index (χ0v) is 13.7. The Balaban J connectivity index is 2.03. The summed E-state index contributed by atoms with van der Waals surface area (Å²) in [7, 11) is 1.86. The number of hydrogen-bond donors (Lipinski definition) is 1. The number of aromatic amines is 1. The maximum atomic E-state index is 12.6. The molecule has 0 bridgehead atoms.